The van der Waals surface area contributed by atoms with Crippen molar-refractivity contribution in [3.05, 3.63) is 23.3 Å². The third kappa shape index (κ3) is 2.39. The van der Waals surface area contributed by atoms with Gasteiger partial charge in [-0.1, -0.05) is 12.5 Å². The summed E-state index contributed by atoms with van der Waals surface area (Å²) in [6.45, 7) is 2.92. The zero-order valence-electron chi connectivity index (χ0n) is 17.6. The number of ether oxygens (including phenoxy) is 2. The highest BCUT2D eigenvalue weighted by Gasteiger charge is 2.72. The van der Waals surface area contributed by atoms with Gasteiger partial charge >= 0.3 is 0 Å². The molecule has 6 heteroatoms. The molecule has 6 rings (SSSR count). The van der Waals surface area contributed by atoms with Crippen LogP contribution in [0.2, 0.25) is 0 Å². The lowest BCUT2D eigenvalue weighted by atomic mass is 9.47. The second kappa shape index (κ2) is 6.83. The Bertz CT molecular complexity index is 841. The first kappa shape index (κ1) is 19.4. The van der Waals surface area contributed by atoms with Gasteiger partial charge in [-0.05, 0) is 62.6 Å². The number of hydrogen-bond acceptors (Lipinski definition) is 6. The maximum atomic E-state index is 12.4. The number of piperidine rings is 1. The molecule has 6 nitrogen and oxygen atoms in total. The highest BCUT2D eigenvalue weighted by Crippen LogP contribution is 2.66. The van der Waals surface area contributed by atoms with Crippen molar-refractivity contribution in [2.75, 3.05) is 32.9 Å². The van der Waals surface area contributed by atoms with Crippen LogP contribution in [-0.4, -0.2) is 70.9 Å². The first-order chi connectivity index (χ1) is 14.6. The van der Waals surface area contributed by atoms with Gasteiger partial charge in [0.25, 0.3) is 0 Å². The van der Waals surface area contributed by atoms with Crippen molar-refractivity contribution in [3.63, 3.8) is 0 Å². The summed E-state index contributed by atoms with van der Waals surface area (Å²) in [5, 5.41) is 32.1. The highest BCUT2D eigenvalue weighted by atomic mass is 16.5. The average molecular weight is 416 g/mol. The van der Waals surface area contributed by atoms with Gasteiger partial charge in [0.1, 0.15) is 6.10 Å². The van der Waals surface area contributed by atoms with Crippen molar-refractivity contribution in [1.82, 2.24) is 4.90 Å². The lowest BCUT2D eigenvalue weighted by molar-refractivity contribution is -0.204. The highest BCUT2D eigenvalue weighted by molar-refractivity contribution is 5.62. The second-order valence-electron chi connectivity index (χ2n) is 10.2. The molecule has 3 fully saturated rings. The molecule has 30 heavy (non-hydrogen) atoms. The largest absolute Gasteiger partial charge is 0.504 e. The van der Waals surface area contributed by atoms with Crippen LogP contribution in [-0.2, 0) is 16.6 Å². The van der Waals surface area contributed by atoms with E-state index in [2.05, 4.69) is 4.90 Å². The van der Waals surface area contributed by atoms with Gasteiger partial charge in [0.15, 0.2) is 11.5 Å². The first-order valence-electron chi connectivity index (χ1n) is 11.8. The summed E-state index contributed by atoms with van der Waals surface area (Å²) >= 11 is 0. The zero-order chi connectivity index (χ0) is 20.5. The zero-order valence-corrected chi connectivity index (χ0v) is 17.6. The topological polar surface area (TPSA) is 82.4 Å². The monoisotopic (exact) mass is 415 g/mol. The number of hydrogen-bond donors (Lipinski definition) is 3. The number of aromatic hydroxyl groups is 1. The fraction of sp³-hybridized carbons (Fsp3) is 0.750. The Balaban J connectivity index is 1.42. The number of phenolic OH excluding ortho intramolecular Hbond substituents is 1. The van der Waals surface area contributed by atoms with Gasteiger partial charge in [-0.15, -0.1) is 0 Å². The molecule has 5 aliphatic rings. The van der Waals surface area contributed by atoms with E-state index in [1.54, 1.807) is 6.07 Å². The smallest absolute Gasteiger partial charge is 0.165 e. The van der Waals surface area contributed by atoms with Crippen molar-refractivity contribution < 1.29 is 24.8 Å². The molecule has 1 saturated heterocycles. The third-order valence-corrected chi connectivity index (χ3v) is 8.98. The van der Waals surface area contributed by atoms with Crippen molar-refractivity contribution in [1.29, 1.82) is 0 Å². The average Bonchev–Trinajstić information content (AvgIpc) is 3.05. The fourth-order valence-corrected chi connectivity index (χ4v) is 7.43. The summed E-state index contributed by atoms with van der Waals surface area (Å²) in [4.78, 5) is 2.57. The molecule has 5 atom stereocenters. The number of benzene rings is 1. The summed E-state index contributed by atoms with van der Waals surface area (Å²) in [5.41, 5.74) is 0.997. The molecule has 0 amide bonds. The molecule has 1 aromatic rings. The van der Waals surface area contributed by atoms with Gasteiger partial charge in [0.05, 0.1) is 30.8 Å². The molecule has 1 unspecified atom stereocenters. The molecule has 1 aromatic carbocycles. The van der Waals surface area contributed by atoms with Crippen LogP contribution in [0.4, 0.5) is 0 Å². The Morgan fingerprint density at radius 2 is 2.07 bits per heavy atom. The molecule has 2 bridgehead atoms. The van der Waals surface area contributed by atoms with Crippen molar-refractivity contribution in [2.24, 2.45) is 11.8 Å². The van der Waals surface area contributed by atoms with Crippen molar-refractivity contribution in [2.45, 2.75) is 68.1 Å². The van der Waals surface area contributed by atoms with E-state index >= 15 is 0 Å². The van der Waals surface area contributed by atoms with E-state index in [9.17, 15) is 10.2 Å². The van der Waals surface area contributed by atoms with Crippen molar-refractivity contribution in [3.8, 4) is 11.5 Å². The van der Waals surface area contributed by atoms with Gasteiger partial charge in [0.2, 0.25) is 0 Å². The second-order valence-corrected chi connectivity index (χ2v) is 10.2. The lowest BCUT2D eigenvalue weighted by Gasteiger charge is -2.64. The normalized spacial score (nSPS) is 39.3. The van der Waals surface area contributed by atoms with Crippen LogP contribution in [0.5, 0.6) is 11.5 Å². The number of likely N-dealkylation sites (tertiary alicyclic amines) is 1. The summed E-state index contributed by atoms with van der Waals surface area (Å²) in [6, 6.07) is 3.92. The lowest BCUT2D eigenvalue weighted by Crippen LogP contribution is -2.76. The van der Waals surface area contributed by atoms with Gasteiger partial charge in [0, 0.05) is 24.1 Å². The van der Waals surface area contributed by atoms with Crippen LogP contribution in [0.3, 0.4) is 0 Å². The first-order valence-corrected chi connectivity index (χ1v) is 11.8. The number of phenols is 1. The minimum Gasteiger partial charge on any atom is -0.504 e. The third-order valence-electron chi connectivity index (χ3n) is 8.98. The van der Waals surface area contributed by atoms with E-state index in [1.807, 2.05) is 6.07 Å². The van der Waals surface area contributed by atoms with Crippen LogP contribution in [0, 0.1) is 11.8 Å². The Hall–Kier alpha value is -1.34. The molecule has 0 aromatic heterocycles. The summed E-state index contributed by atoms with van der Waals surface area (Å²) in [5.74, 6) is 1.70. The number of rotatable bonds is 6. The molecule has 1 spiro atoms. The van der Waals surface area contributed by atoms with Crippen LogP contribution in [0.1, 0.15) is 49.7 Å². The molecular weight excluding hydrogens is 382 g/mol. The maximum Gasteiger partial charge on any atom is 0.165 e. The Labute approximate surface area is 177 Å². The molecule has 3 N–H and O–H groups in total. The summed E-state index contributed by atoms with van der Waals surface area (Å²) in [6.07, 6.45) is 7.05. The number of aliphatic hydroxyl groups is 2. The van der Waals surface area contributed by atoms with Crippen LogP contribution < -0.4 is 4.74 Å². The number of aliphatic hydroxyl groups excluding tert-OH is 1. The van der Waals surface area contributed by atoms with Crippen molar-refractivity contribution >= 4 is 0 Å². The van der Waals surface area contributed by atoms with E-state index in [4.69, 9.17) is 14.6 Å². The maximum absolute atomic E-state index is 12.4. The molecule has 3 aliphatic carbocycles. The molecular formula is C24H33NO5. The molecule has 2 saturated carbocycles. The standard InChI is InChI=1S/C24H33NO5/c26-10-11-29-14-17-6-7-24(28)19-12-16-4-5-18(27)21-20(16)23(24,22(17)30-21)8-9-25(19)13-15-2-1-3-15/h4-5,15,17,19,22,26-28H,1-3,6-14H2/t17?,19-,22+,23+,24-/m1/s1. The van der Waals surface area contributed by atoms with E-state index < -0.39 is 11.0 Å². The van der Waals surface area contributed by atoms with Crippen LogP contribution in [0.25, 0.3) is 0 Å². The van der Waals surface area contributed by atoms with Gasteiger partial charge in [-0.2, -0.15) is 0 Å². The molecule has 2 heterocycles. The van der Waals surface area contributed by atoms with E-state index in [1.165, 1.54) is 24.8 Å². The Kier molecular flexibility index (Phi) is 4.40. The Morgan fingerprint density at radius 1 is 1.20 bits per heavy atom. The van der Waals surface area contributed by atoms with E-state index in [-0.39, 0.29) is 30.4 Å². The van der Waals surface area contributed by atoms with Gasteiger partial charge in [-0.3, -0.25) is 4.90 Å². The number of nitrogens with zero attached hydrogens (tertiary/aromatic N) is 1. The minimum absolute atomic E-state index is 0.0106. The predicted octanol–water partition coefficient (Wildman–Crippen LogP) is 1.97. The fourth-order valence-electron chi connectivity index (χ4n) is 7.43. The Morgan fingerprint density at radius 3 is 2.83 bits per heavy atom. The van der Waals surface area contributed by atoms with E-state index in [0.29, 0.717) is 19.0 Å². The van der Waals surface area contributed by atoms with E-state index in [0.717, 1.165) is 50.3 Å². The van der Waals surface area contributed by atoms with Crippen LogP contribution >= 0.6 is 0 Å². The molecule has 164 valence electrons. The predicted molar refractivity (Wildman–Crippen MR) is 111 cm³/mol. The van der Waals surface area contributed by atoms with Crippen LogP contribution in [0.15, 0.2) is 12.1 Å². The SMILES string of the molecule is OCCOCC1CC[C@@]2(O)[C@H]3Cc4ccc(O)c5c4[C@@]2(CCN3CC2CCC2)[C@H]1O5. The van der Waals surface area contributed by atoms with Gasteiger partial charge in [-0.25, -0.2) is 0 Å². The van der Waals surface area contributed by atoms with Gasteiger partial charge < -0.3 is 24.8 Å². The molecule has 0 radical (unpaired) electrons. The minimum atomic E-state index is -0.834. The summed E-state index contributed by atoms with van der Waals surface area (Å²) in [7, 11) is 0. The quantitative estimate of drug-likeness (QED) is 0.617. The summed E-state index contributed by atoms with van der Waals surface area (Å²) < 4.78 is 12.2. The molecule has 2 aliphatic heterocycles.